The minimum Gasteiger partial charge on any atom is -0.493 e. The summed E-state index contributed by atoms with van der Waals surface area (Å²) >= 11 is 0. The van der Waals surface area contributed by atoms with Gasteiger partial charge in [0.2, 0.25) is 0 Å². The second kappa shape index (κ2) is 9.45. The number of benzene rings is 2. The van der Waals surface area contributed by atoms with Crippen LogP contribution in [0, 0.1) is 24.0 Å². The average Bonchev–Trinajstić information content (AvgIpc) is 3.40. The maximum Gasteiger partial charge on any atom is 0.276 e. The Bertz CT molecular complexity index is 1360. The van der Waals surface area contributed by atoms with Crippen LogP contribution in [0.4, 0.5) is 11.4 Å². The summed E-state index contributed by atoms with van der Waals surface area (Å²) in [6.45, 7) is 4.18. The standard InChI is InChI=1S/C23H22N6O5/c1-15-10-16(2)28(25-15)14-27-9-8-20(26-27)23(30)24-17-11-18(29(31)32)13-19(12-17)34-22-7-5-4-6-21(22)33-3/h4-13H,14H2,1-3H3,(H,24,30). The molecule has 0 fully saturated rings. The number of hydrogen-bond acceptors (Lipinski definition) is 7. The van der Waals surface area contributed by atoms with Crippen molar-refractivity contribution in [2.75, 3.05) is 12.4 Å². The lowest BCUT2D eigenvalue weighted by Gasteiger charge is -2.11. The van der Waals surface area contributed by atoms with Gasteiger partial charge in [-0.25, -0.2) is 4.68 Å². The molecule has 0 spiro atoms. The summed E-state index contributed by atoms with van der Waals surface area (Å²) in [5, 5.41) is 22.7. The molecule has 0 unspecified atom stereocenters. The predicted octanol–water partition coefficient (Wildman–Crippen LogP) is 4.16. The number of para-hydroxylation sites is 2. The minimum atomic E-state index is -0.562. The van der Waals surface area contributed by atoms with E-state index in [2.05, 4.69) is 15.5 Å². The number of carbonyl (C=O) groups excluding carboxylic acids is 1. The summed E-state index contributed by atoms with van der Waals surface area (Å²) in [7, 11) is 1.50. The molecule has 4 rings (SSSR count). The van der Waals surface area contributed by atoms with Gasteiger partial charge >= 0.3 is 0 Å². The molecule has 4 aromatic rings. The lowest BCUT2D eigenvalue weighted by molar-refractivity contribution is -0.384. The zero-order valence-corrected chi connectivity index (χ0v) is 18.8. The fourth-order valence-electron chi connectivity index (χ4n) is 3.36. The Balaban J connectivity index is 1.54. The van der Waals surface area contributed by atoms with Gasteiger partial charge in [-0.2, -0.15) is 10.2 Å². The maximum absolute atomic E-state index is 12.8. The van der Waals surface area contributed by atoms with Crippen LogP contribution in [0.5, 0.6) is 17.2 Å². The van der Waals surface area contributed by atoms with Gasteiger partial charge in [0.25, 0.3) is 11.6 Å². The van der Waals surface area contributed by atoms with Crippen molar-refractivity contribution < 1.29 is 19.2 Å². The predicted molar refractivity (Wildman–Crippen MR) is 123 cm³/mol. The number of aryl methyl sites for hydroxylation is 2. The highest BCUT2D eigenvalue weighted by Crippen LogP contribution is 2.34. The maximum atomic E-state index is 12.8. The first-order chi connectivity index (χ1) is 16.3. The molecule has 2 aromatic carbocycles. The number of hydrogen-bond donors (Lipinski definition) is 1. The first-order valence-corrected chi connectivity index (χ1v) is 10.3. The molecule has 174 valence electrons. The lowest BCUT2D eigenvalue weighted by atomic mass is 10.2. The summed E-state index contributed by atoms with van der Waals surface area (Å²) in [5.41, 5.74) is 1.97. The van der Waals surface area contributed by atoms with E-state index in [9.17, 15) is 14.9 Å². The molecule has 0 radical (unpaired) electrons. The highest BCUT2D eigenvalue weighted by molar-refractivity contribution is 6.03. The van der Waals surface area contributed by atoms with Gasteiger partial charge in [-0.15, -0.1) is 0 Å². The second-order valence-electron chi connectivity index (χ2n) is 7.49. The van der Waals surface area contributed by atoms with Crippen molar-refractivity contribution in [1.82, 2.24) is 19.6 Å². The Labute approximate surface area is 194 Å². The van der Waals surface area contributed by atoms with Gasteiger partial charge in [-0.3, -0.25) is 19.6 Å². The van der Waals surface area contributed by atoms with Crippen molar-refractivity contribution in [3.05, 3.63) is 88.0 Å². The third kappa shape index (κ3) is 5.04. The van der Waals surface area contributed by atoms with E-state index in [4.69, 9.17) is 9.47 Å². The van der Waals surface area contributed by atoms with Crippen molar-refractivity contribution in [2.45, 2.75) is 20.5 Å². The number of anilines is 1. The fourth-order valence-corrected chi connectivity index (χ4v) is 3.36. The number of amides is 1. The number of nitrogens with one attached hydrogen (secondary N) is 1. The summed E-state index contributed by atoms with van der Waals surface area (Å²) in [6, 6.07) is 14.4. The number of ether oxygens (including phenoxy) is 2. The van der Waals surface area contributed by atoms with Crippen LogP contribution in [0.15, 0.2) is 60.8 Å². The molecule has 1 N–H and O–H groups in total. The van der Waals surface area contributed by atoms with E-state index in [0.717, 1.165) is 11.4 Å². The minimum absolute atomic E-state index is 0.153. The van der Waals surface area contributed by atoms with Crippen LogP contribution in [-0.4, -0.2) is 37.5 Å². The summed E-state index contributed by atoms with van der Waals surface area (Å²) in [4.78, 5) is 23.6. The first-order valence-electron chi connectivity index (χ1n) is 10.3. The number of aromatic nitrogens is 4. The zero-order valence-electron chi connectivity index (χ0n) is 18.8. The van der Waals surface area contributed by atoms with Gasteiger partial charge in [0.05, 0.1) is 29.5 Å². The monoisotopic (exact) mass is 462 g/mol. The summed E-state index contributed by atoms with van der Waals surface area (Å²) in [5.74, 6) is 0.498. The van der Waals surface area contributed by atoms with E-state index in [1.54, 1.807) is 45.9 Å². The number of nitro benzene ring substituents is 1. The lowest BCUT2D eigenvalue weighted by Crippen LogP contribution is -2.15. The molecule has 0 saturated heterocycles. The van der Waals surface area contributed by atoms with Crippen molar-refractivity contribution in [3.8, 4) is 17.2 Å². The molecule has 34 heavy (non-hydrogen) atoms. The SMILES string of the molecule is COc1ccccc1Oc1cc(NC(=O)c2ccn(Cn3nc(C)cc3C)n2)cc([N+](=O)[O-])c1. The molecular weight excluding hydrogens is 440 g/mol. The molecule has 0 saturated carbocycles. The van der Waals surface area contributed by atoms with E-state index in [1.807, 2.05) is 19.9 Å². The molecule has 0 aliphatic rings. The smallest absolute Gasteiger partial charge is 0.276 e. The number of carbonyl (C=O) groups is 1. The number of non-ortho nitro benzene ring substituents is 1. The second-order valence-corrected chi connectivity index (χ2v) is 7.49. The van der Waals surface area contributed by atoms with E-state index < -0.39 is 10.8 Å². The van der Waals surface area contributed by atoms with Crippen LogP contribution < -0.4 is 14.8 Å². The first kappa shape index (κ1) is 22.5. The van der Waals surface area contributed by atoms with Crippen molar-refractivity contribution in [3.63, 3.8) is 0 Å². The molecular formula is C23H22N6O5. The molecule has 2 heterocycles. The number of rotatable bonds is 8. The average molecular weight is 462 g/mol. The third-order valence-electron chi connectivity index (χ3n) is 4.91. The molecule has 0 bridgehead atoms. The van der Waals surface area contributed by atoms with Gasteiger partial charge in [0.1, 0.15) is 12.4 Å². The van der Waals surface area contributed by atoms with Crippen molar-refractivity contribution in [2.24, 2.45) is 0 Å². The Morgan fingerprint density at radius 2 is 1.85 bits per heavy atom. The van der Waals surface area contributed by atoms with Crippen LogP contribution >= 0.6 is 0 Å². The largest absolute Gasteiger partial charge is 0.493 e. The summed E-state index contributed by atoms with van der Waals surface area (Å²) < 4.78 is 14.4. The summed E-state index contributed by atoms with van der Waals surface area (Å²) in [6.07, 6.45) is 1.66. The highest BCUT2D eigenvalue weighted by atomic mass is 16.6. The van der Waals surface area contributed by atoms with Gasteiger partial charge in [-0.05, 0) is 38.1 Å². The molecule has 11 heteroatoms. The Morgan fingerprint density at radius 1 is 1.09 bits per heavy atom. The number of nitro groups is 1. The zero-order chi connectivity index (χ0) is 24.2. The normalized spacial score (nSPS) is 10.7. The Kier molecular flexibility index (Phi) is 6.26. The van der Waals surface area contributed by atoms with E-state index in [-0.39, 0.29) is 22.8 Å². The fraction of sp³-hybridized carbons (Fsp3) is 0.174. The van der Waals surface area contributed by atoms with Crippen LogP contribution in [0.1, 0.15) is 21.9 Å². The molecule has 11 nitrogen and oxygen atoms in total. The number of nitrogens with zero attached hydrogens (tertiary/aromatic N) is 5. The quantitative estimate of drug-likeness (QED) is 0.308. The molecule has 0 aliphatic heterocycles. The van der Waals surface area contributed by atoms with Crippen LogP contribution in [0.2, 0.25) is 0 Å². The van der Waals surface area contributed by atoms with Gasteiger partial charge < -0.3 is 14.8 Å². The van der Waals surface area contributed by atoms with Crippen LogP contribution in [0.3, 0.4) is 0 Å². The third-order valence-corrected chi connectivity index (χ3v) is 4.91. The van der Waals surface area contributed by atoms with Gasteiger partial charge in [-0.1, -0.05) is 12.1 Å². The van der Waals surface area contributed by atoms with Crippen molar-refractivity contribution >= 4 is 17.3 Å². The topological polar surface area (TPSA) is 126 Å². The molecule has 0 atom stereocenters. The van der Waals surface area contributed by atoms with E-state index in [1.165, 1.54) is 25.3 Å². The highest BCUT2D eigenvalue weighted by Gasteiger charge is 2.16. The number of methoxy groups -OCH3 is 1. The molecule has 0 aliphatic carbocycles. The van der Waals surface area contributed by atoms with Crippen molar-refractivity contribution in [1.29, 1.82) is 0 Å². The van der Waals surface area contributed by atoms with Gasteiger partial charge in [0, 0.05) is 24.0 Å². The molecule has 2 aromatic heterocycles. The van der Waals surface area contributed by atoms with E-state index >= 15 is 0 Å². The van der Waals surface area contributed by atoms with E-state index in [0.29, 0.717) is 18.2 Å². The van der Waals surface area contributed by atoms with Crippen LogP contribution in [0.25, 0.3) is 0 Å². The Hall–Kier alpha value is -4.67. The Morgan fingerprint density at radius 3 is 2.53 bits per heavy atom. The van der Waals surface area contributed by atoms with Gasteiger partial charge in [0.15, 0.2) is 17.2 Å². The van der Waals surface area contributed by atoms with Crippen LogP contribution in [-0.2, 0) is 6.67 Å². The molecule has 1 amide bonds.